The normalized spacial score (nSPS) is 11.4. The van der Waals surface area contributed by atoms with Crippen LogP contribution in [-0.2, 0) is 6.61 Å². The van der Waals surface area contributed by atoms with E-state index in [-0.39, 0.29) is 5.56 Å². The van der Waals surface area contributed by atoms with Gasteiger partial charge in [0.2, 0.25) is 0 Å². The number of rotatable bonds is 11. The molecule has 0 atom stereocenters. The van der Waals surface area contributed by atoms with E-state index < -0.39 is 5.97 Å². The van der Waals surface area contributed by atoms with Gasteiger partial charge in [0.15, 0.2) is 0 Å². The van der Waals surface area contributed by atoms with Crippen LogP contribution in [0.3, 0.4) is 0 Å². The third-order valence-corrected chi connectivity index (χ3v) is 4.42. The number of allylic oxidation sites excluding steroid dienone is 5. The van der Waals surface area contributed by atoms with Crippen molar-refractivity contribution < 1.29 is 19.4 Å². The Morgan fingerprint density at radius 2 is 1.93 bits per heavy atom. The minimum Gasteiger partial charge on any atom is -0.493 e. The number of carboxylic acid groups (broad SMARTS) is 1. The van der Waals surface area contributed by atoms with Crippen molar-refractivity contribution in [3.05, 3.63) is 95.6 Å². The summed E-state index contributed by atoms with van der Waals surface area (Å²) < 4.78 is 11.7. The van der Waals surface area contributed by atoms with Crippen LogP contribution in [0.2, 0.25) is 0 Å². The lowest BCUT2D eigenvalue weighted by molar-refractivity contribution is 0.0691. The van der Waals surface area contributed by atoms with E-state index in [2.05, 4.69) is 6.58 Å². The molecule has 0 amide bonds. The van der Waals surface area contributed by atoms with Crippen molar-refractivity contribution in [2.45, 2.75) is 33.3 Å². The second-order valence-corrected chi connectivity index (χ2v) is 6.60. The van der Waals surface area contributed by atoms with Gasteiger partial charge in [-0.1, -0.05) is 66.8 Å². The summed E-state index contributed by atoms with van der Waals surface area (Å²) in [6.07, 6.45) is 9.31. The molecule has 0 aliphatic carbocycles. The van der Waals surface area contributed by atoms with Crippen molar-refractivity contribution >= 4 is 5.97 Å². The molecule has 0 spiro atoms. The highest BCUT2D eigenvalue weighted by Gasteiger charge is 2.17. The lowest BCUT2D eigenvalue weighted by Gasteiger charge is -2.14. The highest BCUT2D eigenvalue weighted by molar-refractivity contribution is 5.93. The molecule has 0 aliphatic heterocycles. The summed E-state index contributed by atoms with van der Waals surface area (Å²) in [5, 5.41) is 9.58. The minimum atomic E-state index is -1.00. The number of carbonyl (C=O) groups is 1. The van der Waals surface area contributed by atoms with Crippen LogP contribution >= 0.6 is 0 Å². The molecule has 0 bridgehead atoms. The van der Waals surface area contributed by atoms with E-state index in [1.54, 1.807) is 25.1 Å². The van der Waals surface area contributed by atoms with Crippen LogP contribution in [0.25, 0.3) is 0 Å². The number of aryl methyl sites for hydroxylation is 1. The van der Waals surface area contributed by atoms with Gasteiger partial charge in [0, 0.05) is 6.07 Å². The Bertz CT molecular complexity index is 879. The van der Waals surface area contributed by atoms with E-state index in [0.717, 1.165) is 18.4 Å². The molecule has 0 heterocycles. The van der Waals surface area contributed by atoms with Crippen molar-refractivity contribution in [2.75, 3.05) is 6.61 Å². The summed E-state index contributed by atoms with van der Waals surface area (Å²) in [7, 11) is 0. The van der Waals surface area contributed by atoms with Crippen molar-refractivity contribution in [3.63, 3.8) is 0 Å². The lowest BCUT2D eigenvalue weighted by atomic mass is 10.1. The van der Waals surface area contributed by atoms with Crippen LogP contribution in [0, 0.1) is 6.92 Å². The Morgan fingerprint density at radius 3 is 2.59 bits per heavy atom. The Labute approximate surface area is 172 Å². The molecule has 2 rings (SSSR count). The molecule has 152 valence electrons. The molecule has 4 nitrogen and oxygen atoms in total. The van der Waals surface area contributed by atoms with E-state index in [1.165, 1.54) is 5.57 Å². The predicted octanol–water partition coefficient (Wildman–Crippen LogP) is 6.12. The summed E-state index contributed by atoms with van der Waals surface area (Å²) >= 11 is 0. The van der Waals surface area contributed by atoms with Crippen molar-refractivity contribution in [3.8, 4) is 11.5 Å². The molecule has 0 aromatic heterocycles. The second-order valence-electron chi connectivity index (χ2n) is 6.60. The number of aromatic carboxylic acids is 1. The summed E-state index contributed by atoms with van der Waals surface area (Å²) in [5.74, 6) is -0.0752. The van der Waals surface area contributed by atoms with Crippen molar-refractivity contribution in [2.24, 2.45) is 0 Å². The first kappa shape index (κ1) is 22.0. The topological polar surface area (TPSA) is 55.8 Å². The molecular formula is C25H28O4. The van der Waals surface area contributed by atoms with Crippen LogP contribution in [0.15, 0.2) is 78.9 Å². The van der Waals surface area contributed by atoms with Gasteiger partial charge in [-0.05, 0) is 43.9 Å². The predicted molar refractivity (Wildman–Crippen MR) is 117 cm³/mol. The fourth-order valence-corrected chi connectivity index (χ4v) is 2.91. The first-order valence-electron chi connectivity index (χ1n) is 9.67. The van der Waals surface area contributed by atoms with Crippen molar-refractivity contribution in [1.29, 1.82) is 0 Å². The summed E-state index contributed by atoms with van der Waals surface area (Å²) in [4.78, 5) is 11.7. The average molecular weight is 392 g/mol. The van der Waals surface area contributed by atoms with Gasteiger partial charge in [0.05, 0.1) is 6.61 Å². The molecule has 0 radical (unpaired) electrons. The van der Waals surface area contributed by atoms with Gasteiger partial charge in [-0.2, -0.15) is 0 Å². The maximum Gasteiger partial charge on any atom is 0.339 e. The molecular weight excluding hydrogens is 364 g/mol. The standard InChI is InChI=1S/C25H28O4/c1-4-6-11-20(5-2)14-10-15-28-23-17-22(16-19(3)24(23)25(26)27)29-18-21-12-8-7-9-13-21/h4-9,11-13,16-17H,1,10,14-15,18H2,2-3H3,(H,26,27)/b11-6-,20-5+. The van der Waals surface area contributed by atoms with Crippen LogP contribution < -0.4 is 9.47 Å². The molecule has 4 heteroatoms. The first-order chi connectivity index (χ1) is 14.0. The summed E-state index contributed by atoms with van der Waals surface area (Å²) in [6.45, 7) is 8.24. The molecule has 0 unspecified atom stereocenters. The Balaban J connectivity index is 2.06. The first-order valence-corrected chi connectivity index (χ1v) is 9.67. The molecule has 2 aromatic rings. The summed E-state index contributed by atoms with van der Waals surface area (Å²) in [6, 6.07) is 13.2. The Morgan fingerprint density at radius 1 is 1.17 bits per heavy atom. The molecule has 0 saturated carbocycles. The minimum absolute atomic E-state index is 0.176. The maximum atomic E-state index is 11.7. The van der Waals surface area contributed by atoms with Gasteiger partial charge in [-0.25, -0.2) is 4.79 Å². The molecule has 0 aliphatic rings. The average Bonchev–Trinajstić information content (AvgIpc) is 2.72. The number of hydrogen-bond acceptors (Lipinski definition) is 3. The number of benzene rings is 2. The smallest absolute Gasteiger partial charge is 0.339 e. The molecule has 2 aromatic carbocycles. The second kappa shape index (κ2) is 11.5. The van der Waals surface area contributed by atoms with Gasteiger partial charge in [0.25, 0.3) is 0 Å². The van der Waals surface area contributed by atoms with Crippen molar-refractivity contribution in [1.82, 2.24) is 0 Å². The van der Waals surface area contributed by atoms with Crippen LogP contribution in [0.1, 0.15) is 41.3 Å². The van der Waals surface area contributed by atoms with Gasteiger partial charge in [0.1, 0.15) is 23.7 Å². The zero-order chi connectivity index (χ0) is 21.1. The quantitative estimate of drug-likeness (QED) is 0.370. The monoisotopic (exact) mass is 392 g/mol. The van der Waals surface area contributed by atoms with Crippen LogP contribution in [0.4, 0.5) is 0 Å². The van der Waals surface area contributed by atoms with E-state index in [1.807, 2.05) is 55.5 Å². The fourth-order valence-electron chi connectivity index (χ4n) is 2.91. The Kier molecular flexibility index (Phi) is 8.77. The molecule has 29 heavy (non-hydrogen) atoms. The maximum absolute atomic E-state index is 11.7. The summed E-state index contributed by atoms with van der Waals surface area (Å²) in [5.41, 5.74) is 3.01. The van der Waals surface area contributed by atoms with Gasteiger partial charge in [-0.3, -0.25) is 0 Å². The molecule has 0 saturated heterocycles. The van der Waals surface area contributed by atoms with E-state index in [0.29, 0.717) is 30.3 Å². The SMILES string of the molecule is C=C/C=C\C(=C/C)CCCOc1cc(OCc2ccccc2)cc(C)c1C(=O)O. The highest BCUT2D eigenvalue weighted by atomic mass is 16.5. The molecule has 0 fully saturated rings. The highest BCUT2D eigenvalue weighted by Crippen LogP contribution is 2.29. The van der Waals surface area contributed by atoms with Gasteiger partial charge >= 0.3 is 5.97 Å². The number of hydrogen-bond donors (Lipinski definition) is 1. The van der Waals surface area contributed by atoms with E-state index in [4.69, 9.17) is 9.47 Å². The van der Waals surface area contributed by atoms with Crippen LogP contribution in [0.5, 0.6) is 11.5 Å². The largest absolute Gasteiger partial charge is 0.493 e. The fraction of sp³-hybridized carbons (Fsp3) is 0.240. The van der Waals surface area contributed by atoms with E-state index >= 15 is 0 Å². The van der Waals surface area contributed by atoms with Gasteiger partial charge in [-0.15, -0.1) is 0 Å². The third kappa shape index (κ3) is 7.00. The van der Waals surface area contributed by atoms with Crippen LogP contribution in [-0.4, -0.2) is 17.7 Å². The van der Waals surface area contributed by atoms with Gasteiger partial charge < -0.3 is 14.6 Å². The van der Waals surface area contributed by atoms with E-state index in [9.17, 15) is 9.90 Å². The third-order valence-electron chi connectivity index (χ3n) is 4.42. The zero-order valence-corrected chi connectivity index (χ0v) is 17.1. The Hall–Kier alpha value is -3.27. The lowest BCUT2D eigenvalue weighted by Crippen LogP contribution is -2.08. The number of ether oxygens (including phenoxy) is 2. The number of carboxylic acids is 1. The zero-order valence-electron chi connectivity index (χ0n) is 17.1. The molecule has 1 N–H and O–H groups in total.